The van der Waals surface area contributed by atoms with E-state index in [1.54, 1.807) is 31.2 Å². The highest BCUT2D eigenvalue weighted by molar-refractivity contribution is 7.92. The predicted molar refractivity (Wildman–Crippen MR) is 124 cm³/mol. The second kappa shape index (κ2) is 10.3. The van der Waals surface area contributed by atoms with E-state index in [9.17, 15) is 26.4 Å². The fourth-order valence-corrected chi connectivity index (χ4v) is 4.73. The van der Waals surface area contributed by atoms with Gasteiger partial charge in [0, 0.05) is 5.56 Å². The standard InChI is InChI=1S/C23H19ClF3N3O3S/c1-16-10-12-18(13-11-16)34(32,33)30(21-9-5-4-8-20(21)24)15-22(31)29-28-14-17-6-2-3-7-19(17)23(25,26)27/h2-14H,15H2,1H3,(H,29,31)/b28-14-. The number of nitrogens with zero attached hydrogens (tertiary/aromatic N) is 2. The van der Waals surface area contributed by atoms with Gasteiger partial charge in [0.1, 0.15) is 6.54 Å². The SMILES string of the molecule is Cc1ccc(S(=O)(=O)N(CC(=O)N/N=C\c2ccccc2C(F)(F)F)c2ccccc2Cl)cc1. The number of amides is 1. The van der Waals surface area contributed by atoms with Crippen LogP contribution in [0.25, 0.3) is 0 Å². The van der Waals surface area contributed by atoms with Gasteiger partial charge in [-0.1, -0.05) is 59.6 Å². The van der Waals surface area contributed by atoms with E-state index in [1.165, 1.54) is 42.5 Å². The van der Waals surface area contributed by atoms with E-state index < -0.39 is 34.2 Å². The van der Waals surface area contributed by atoms with Crippen LogP contribution in [-0.2, 0) is 21.0 Å². The van der Waals surface area contributed by atoms with Crippen molar-refractivity contribution in [2.24, 2.45) is 5.10 Å². The molecule has 0 aliphatic carbocycles. The quantitative estimate of drug-likeness (QED) is 0.359. The number of rotatable bonds is 7. The zero-order chi connectivity index (χ0) is 24.9. The van der Waals surface area contributed by atoms with Crippen LogP contribution in [0.4, 0.5) is 18.9 Å². The van der Waals surface area contributed by atoms with Gasteiger partial charge >= 0.3 is 6.18 Å². The first-order chi connectivity index (χ1) is 16.0. The number of benzene rings is 3. The third-order valence-electron chi connectivity index (χ3n) is 4.68. The minimum atomic E-state index is -4.60. The number of para-hydroxylation sites is 1. The summed E-state index contributed by atoms with van der Waals surface area (Å²) in [4.78, 5) is 12.5. The Morgan fingerprint density at radius 2 is 1.65 bits per heavy atom. The van der Waals surface area contributed by atoms with Gasteiger partial charge in [-0.2, -0.15) is 18.3 Å². The fraction of sp³-hybridized carbons (Fsp3) is 0.130. The Balaban J connectivity index is 1.87. The van der Waals surface area contributed by atoms with Crippen molar-refractivity contribution in [3.05, 3.63) is 94.5 Å². The van der Waals surface area contributed by atoms with Gasteiger partial charge in [0.25, 0.3) is 15.9 Å². The molecule has 0 spiro atoms. The normalized spacial score (nSPS) is 12.0. The largest absolute Gasteiger partial charge is 0.417 e. The summed E-state index contributed by atoms with van der Waals surface area (Å²) < 4.78 is 66.8. The molecule has 0 aliphatic rings. The Bertz CT molecular complexity index is 1310. The van der Waals surface area contributed by atoms with Crippen molar-refractivity contribution in [2.75, 3.05) is 10.8 Å². The summed E-state index contributed by atoms with van der Waals surface area (Å²) in [6.07, 6.45) is -3.76. The van der Waals surface area contributed by atoms with E-state index in [2.05, 4.69) is 10.5 Å². The van der Waals surface area contributed by atoms with Crippen LogP contribution in [0, 0.1) is 6.92 Å². The van der Waals surface area contributed by atoms with Crippen LogP contribution in [0.5, 0.6) is 0 Å². The van der Waals surface area contributed by atoms with Crippen molar-refractivity contribution in [3.8, 4) is 0 Å². The highest BCUT2D eigenvalue weighted by Crippen LogP contribution is 2.31. The van der Waals surface area contributed by atoms with Crippen molar-refractivity contribution >= 4 is 39.4 Å². The maximum absolute atomic E-state index is 13.3. The summed E-state index contributed by atoms with van der Waals surface area (Å²) in [6, 6.07) is 16.8. The molecule has 0 aliphatic heterocycles. The Morgan fingerprint density at radius 1 is 1.03 bits per heavy atom. The number of anilines is 1. The molecular weight excluding hydrogens is 491 g/mol. The highest BCUT2D eigenvalue weighted by atomic mass is 35.5. The molecule has 0 heterocycles. The summed E-state index contributed by atoms with van der Waals surface area (Å²) in [5, 5.41) is 3.66. The third-order valence-corrected chi connectivity index (χ3v) is 6.77. The van der Waals surface area contributed by atoms with Crippen molar-refractivity contribution in [1.29, 1.82) is 0 Å². The van der Waals surface area contributed by atoms with Gasteiger partial charge in [-0.3, -0.25) is 9.10 Å². The average Bonchev–Trinajstić information content (AvgIpc) is 2.78. The van der Waals surface area contributed by atoms with E-state index in [0.29, 0.717) is 0 Å². The molecule has 0 atom stereocenters. The summed E-state index contributed by atoms with van der Waals surface area (Å²) in [6.45, 7) is 1.09. The van der Waals surface area contributed by atoms with Crippen molar-refractivity contribution < 1.29 is 26.4 Å². The van der Waals surface area contributed by atoms with Gasteiger partial charge < -0.3 is 0 Å². The Hall–Kier alpha value is -3.37. The first-order valence-corrected chi connectivity index (χ1v) is 11.6. The zero-order valence-corrected chi connectivity index (χ0v) is 19.3. The molecule has 0 fully saturated rings. The molecule has 0 aromatic heterocycles. The minimum absolute atomic E-state index is 0.0614. The lowest BCUT2D eigenvalue weighted by molar-refractivity contribution is -0.137. The molecule has 3 aromatic rings. The number of aryl methyl sites for hydroxylation is 1. The van der Waals surface area contributed by atoms with Crippen LogP contribution in [0.2, 0.25) is 5.02 Å². The molecule has 1 amide bonds. The predicted octanol–water partition coefficient (Wildman–Crippen LogP) is 5.01. The van der Waals surface area contributed by atoms with Crippen LogP contribution in [0.1, 0.15) is 16.7 Å². The number of carbonyl (C=O) groups is 1. The van der Waals surface area contributed by atoms with Gasteiger partial charge in [-0.25, -0.2) is 13.8 Å². The number of hydrogen-bond acceptors (Lipinski definition) is 4. The smallest absolute Gasteiger partial charge is 0.271 e. The molecule has 11 heteroatoms. The number of alkyl halides is 3. The average molecular weight is 510 g/mol. The minimum Gasteiger partial charge on any atom is -0.271 e. The van der Waals surface area contributed by atoms with Crippen molar-refractivity contribution in [2.45, 2.75) is 18.0 Å². The molecular formula is C23H19ClF3N3O3S. The molecule has 1 N–H and O–H groups in total. The molecule has 6 nitrogen and oxygen atoms in total. The van der Waals surface area contributed by atoms with Crippen LogP contribution in [-0.4, -0.2) is 27.1 Å². The number of nitrogens with one attached hydrogen (secondary N) is 1. The van der Waals surface area contributed by atoms with Gasteiger partial charge in [-0.15, -0.1) is 0 Å². The highest BCUT2D eigenvalue weighted by Gasteiger charge is 2.32. The van der Waals surface area contributed by atoms with E-state index in [0.717, 1.165) is 22.1 Å². The topological polar surface area (TPSA) is 78.8 Å². The Kier molecular flexibility index (Phi) is 7.63. The van der Waals surface area contributed by atoms with Crippen molar-refractivity contribution in [3.63, 3.8) is 0 Å². The van der Waals surface area contributed by atoms with Crippen LogP contribution >= 0.6 is 11.6 Å². The first kappa shape index (κ1) is 25.3. The van der Waals surface area contributed by atoms with E-state index in [1.807, 2.05) is 0 Å². The second-order valence-electron chi connectivity index (χ2n) is 7.15. The second-order valence-corrected chi connectivity index (χ2v) is 9.42. The zero-order valence-electron chi connectivity index (χ0n) is 17.8. The van der Waals surface area contributed by atoms with E-state index in [4.69, 9.17) is 11.6 Å². The van der Waals surface area contributed by atoms with Crippen molar-refractivity contribution in [1.82, 2.24) is 5.43 Å². The molecule has 34 heavy (non-hydrogen) atoms. The molecule has 0 bridgehead atoms. The molecule has 0 unspecified atom stereocenters. The Labute approximate surface area is 199 Å². The number of hydrazone groups is 1. The van der Waals surface area contributed by atoms with Gasteiger partial charge in [0.2, 0.25) is 0 Å². The molecule has 3 aromatic carbocycles. The Morgan fingerprint density at radius 3 is 2.29 bits per heavy atom. The van der Waals surface area contributed by atoms with Gasteiger partial charge in [-0.05, 0) is 37.3 Å². The third kappa shape index (κ3) is 5.95. The first-order valence-electron chi connectivity index (χ1n) is 9.82. The lowest BCUT2D eigenvalue weighted by Gasteiger charge is -2.24. The monoisotopic (exact) mass is 509 g/mol. The molecule has 178 valence electrons. The number of carbonyl (C=O) groups excluding carboxylic acids is 1. The lowest BCUT2D eigenvalue weighted by Crippen LogP contribution is -2.39. The van der Waals surface area contributed by atoms with Gasteiger partial charge in [0.05, 0.1) is 27.4 Å². The molecule has 0 saturated heterocycles. The summed E-state index contributed by atoms with van der Waals surface area (Å²) in [5.41, 5.74) is 1.80. The van der Waals surface area contributed by atoms with E-state index in [-0.39, 0.29) is 21.2 Å². The number of sulfonamides is 1. The summed E-state index contributed by atoms with van der Waals surface area (Å²) in [7, 11) is -4.20. The number of halogens is 4. The molecule has 3 rings (SSSR count). The lowest BCUT2D eigenvalue weighted by atomic mass is 10.1. The number of hydrogen-bond donors (Lipinski definition) is 1. The van der Waals surface area contributed by atoms with E-state index >= 15 is 0 Å². The van der Waals surface area contributed by atoms with Crippen LogP contribution in [0.3, 0.4) is 0 Å². The summed E-state index contributed by atoms with van der Waals surface area (Å²) in [5.74, 6) is -0.878. The fourth-order valence-electron chi connectivity index (χ4n) is 3.00. The van der Waals surface area contributed by atoms with Crippen LogP contribution in [0.15, 0.2) is 82.8 Å². The summed E-state index contributed by atoms with van der Waals surface area (Å²) >= 11 is 6.19. The van der Waals surface area contributed by atoms with Crippen LogP contribution < -0.4 is 9.73 Å². The van der Waals surface area contributed by atoms with Gasteiger partial charge in [0.15, 0.2) is 0 Å². The molecule has 0 saturated carbocycles. The maximum Gasteiger partial charge on any atom is 0.417 e. The molecule has 0 radical (unpaired) electrons. The maximum atomic E-state index is 13.3.